The van der Waals surface area contributed by atoms with Crippen molar-refractivity contribution in [3.63, 3.8) is 0 Å². The molecule has 0 aliphatic carbocycles. The average molecular weight is 256 g/mol. The summed E-state index contributed by atoms with van der Waals surface area (Å²) in [6, 6.07) is 1.49. The molecule has 0 aliphatic heterocycles. The van der Waals surface area contributed by atoms with E-state index in [0.717, 1.165) is 4.47 Å². The van der Waals surface area contributed by atoms with Gasteiger partial charge in [-0.15, -0.1) is 6.58 Å². The second-order valence-corrected chi connectivity index (χ2v) is 3.43. The maximum Gasteiger partial charge on any atom is 0.319 e. The fraction of sp³-hybridized carbons (Fsp3) is 0.111. The van der Waals surface area contributed by atoms with E-state index in [1.165, 1.54) is 0 Å². The van der Waals surface area contributed by atoms with Crippen molar-refractivity contribution in [3.8, 4) is 0 Å². The second kappa shape index (κ2) is 5.39. The van der Waals surface area contributed by atoms with Gasteiger partial charge >= 0.3 is 6.03 Å². The predicted octanol–water partition coefficient (Wildman–Crippen LogP) is 2.15. The number of hydrogen-bond acceptors (Lipinski definition) is 2. The van der Waals surface area contributed by atoms with Crippen LogP contribution in [-0.2, 0) is 0 Å². The fourth-order valence-corrected chi connectivity index (χ4v) is 1.19. The van der Waals surface area contributed by atoms with Crippen LogP contribution in [0.25, 0.3) is 0 Å². The van der Waals surface area contributed by atoms with Crippen molar-refractivity contribution in [2.24, 2.45) is 0 Å². The largest absolute Gasteiger partial charge is 0.334 e. The molecule has 0 saturated carbocycles. The third-order valence-electron chi connectivity index (χ3n) is 1.37. The lowest BCUT2D eigenvalue weighted by atomic mass is 10.4. The minimum Gasteiger partial charge on any atom is -0.334 e. The molecular formula is C9H10BrN3O. The number of hydrogen-bond donors (Lipinski definition) is 2. The van der Waals surface area contributed by atoms with Crippen LogP contribution in [0.15, 0.2) is 35.6 Å². The van der Waals surface area contributed by atoms with Crippen molar-refractivity contribution >= 4 is 27.6 Å². The van der Waals surface area contributed by atoms with Crippen LogP contribution in [-0.4, -0.2) is 17.6 Å². The van der Waals surface area contributed by atoms with Crippen LogP contribution in [0.3, 0.4) is 0 Å². The highest BCUT2D eigenvalue weighted by molar-refractivity contribution is 9.10. The van der Waals surface area contributed by atoms with Crippen LogP contribution in [0.4, 0.5) is 10.5 Å². The molecule has 0 spiro atoms. The Hall–Kier alpha value is -1.36. The Morgan fingerprint density at radius 1 is 1.64 bits per heavy atom. The molecular weight excluding hydrogens is 246 g/mol. The van der Waals surface area contributed by atoms with Gasteiger partial charge in [-0.1, -0.05) is 6.08 Å². The van der Waals surface area contributed by atoms with Gasteiger partial charge in [0.05, 0.1) is 11.9 Å². The van der Waals surface area contributed by atoms with Crippen molar-refractivity contribution in [1.82, 2.24) is 10.3 Å². The monoisotopic (exact) mass is 255 g/mol. The van der Waals surface area contributed by atoms with Gasteiger partial charge in [0, 0.05) is 17.2 Å². The maximum atomic E-state index is 11.2. The van der Waals surface area contributed by atoms with Crippen LogP contribution in [0.5, 0.6) is 0 Å². The SMILES string of the molecule is C=CCNC(=O)Nc1cncc(Br)c1. The molecule has 1 aromatic rings. The van der Waals surface area contributed by atoms with E-state index in [1.54, 1.807) is 24.5 Å². The lowest BCUT2D eigenvalue weighted by Crippen LogP contribution is -2.28. The van der Waals surface area contributed by atoms with Crippen molar-refractivity contribution < 1.29 is 4.79 Å². The molecule has 0 bridgehead atoms. The molecule has 0 radical (unpaired) electrons. The van der Waals surface area contributed by atoms with E-state index in [2.05, 4.69) is 38.1 Å². The first-order chi connectivity index (χ1) is 6.72. The Kier molecular flexibility index (Phi) is 4.12. The Labute approximate surface area is 90.6 Å². The molecule has 0 atom stereocenters. The predicted molar refractivity (Wildman–Crippen MR) is 59.2 cm³/mol. The van der Waals surface area contributed by atoms with Gasteiger partial charge in [-0.3, -0.25) is 4.98 Å². The summed E-state index contributed by atoms with van der Waals surface area (Å²) in [4.78, 5) is 15.1. The fourth-order valence-electron chi connectivity index (χ4n) is 0.820. The molecule has 0 aromatic carbocycles. The number of nitrogens with zero attached hydrogens (tertiary/aromatic N) is 1. The first-order valence-electron chi connectivity index (χ1n) is 3.98. The zero-order chi connectivity index (χ0) is 10.4. The number of carbonyl (C=O) groups is 1. The van der Waals surface area contributed by atoms with Gasteiger partial charge in [0.15, 0.2) is 0 Å². The Balaban J connectivity index is 2.51. The third-order valence-corrected chi connectivity index (χ3v) is 1.80. The molecule has 1 aromatic heterocycles. The highest BCUT2D eigenvalue weighted by Crippen LogP contribution is 2.13. The number of halogens is 1. The number of aromatic nitrogens is 1. The molecule has 2 amide bonds. The summed E-state index contributed by atoms with van der Waals surface area (Å²) in [7, 11) is 0. The van der Waals surface area contributed by atoms with E-state index in [1.807, 2.05) is 0 Å². The van der Waals surface area contributed by atoms with E-state index in [-0.39, 0.29) is 6.03 Å². The number of nitrogens with one attached hydrogen (secondary N) is 2. The van der Waals surface area contributed by atoms with Crippen LogP contribution >= 0.6 is 15.9 Å². The first kappa shape index (κ1) is 10.7. The summed E-state index contributed by atoms with van der Waals surface area (Å²) < 4.78 is 0.819. The lowest BCUT2D eigenvalue weighted by Gasteiger charge is -2.05. The molecule has 14 heavy (non-hydrogen) atoms. The van der Waals surface area contributed by atoms with Gasteiger partial charge in [-0.05, 0) is 22.0 Å². The minimum atomic E-state index is -0.273. The smallest absolute Gasteiger partial charge is 0.319 e. The van der Waals surface area contributed by atoms with Gasteiger partial charge in [-0.25, -0.2) is 4.79 Å². The molecule has 0 fully saturated rings. The number of urea groups is 1. The van der Waals surface area contributed by atoms with E-state index in [0.29, 0.717) is 12.2 Å². The highest BCUT2D eigenvalue weighted by Gasteiger charge is 1.99. The number of pyridine rings is 1. The average Bonchev–Trinajstić information content (AvgIpc) is 2.15. The molecule has 1 heterocycles. The molecule has 2 N–H and O–H groups in total. The number of carbonyl (C=O) groups excluding carboxylic acids is 1. The summed E-state index contributed by atoms with van der Waals surface area (Å²) in [5.74, 6) is 0. The highest BCUT2D eigenvalue weighted by atomic mass is 79.9. The third kappa shape index (κ3) is 3.57. The van der Waals surface area contributed by atoms with Crippen molar-refractivity contribution in [1.29, 1.82) is 0 Å². The molecule has 0 saturated heterocycles. The lowest BCUT2D eigenvalue weighted by molar-refractivity contribution is 0.253. The molecule has 0 unspecified atom stereocenters. The van der Waals surface area contributed by atoms with Gasteiger partial charge < -0.3 is 10.6 Å². The maximum absolute atomic E-state index is 11.2. The van der Waals surface area contributed by atoms with Crippen molar-refractivity contribution in [2.45, 2.75) is 0 Å². The number of anilines is 1. The summed E-state index contributed by atoms with van der Waals surface area (Å²) in [6.07, 6.45) is 4.82. The topological polar surface area (TPSA) is 54.0 Å². The zero-order valence-corrected chi connectivity index (χ0v) is 9.04. The van der Waals surface area contributed by atoms with E-state index in [4.69, 9.17) is 0 Å². The summed E-state index contributed by atoms with van der Waals surface area (Å²) in [5, 5.41) is 5.22. The van der Waals surface area contributed by atoms with E-state index < -0.39 is 0 Å². The summed E-state index contributed by atoms with van der Waals surface area (Å²) in [5.41, 5.74) is 0.640. The first-order valence-corrected chi connectivity index (χ1v) is 4.78. The normalized spacial score (nSPS) is 9.21. The standard InChI is InChI=1S/C9H10BrN3O/c1-2-3-12-9(14)13-8-4-7(10)5-11-6-8/h2,4-6H,1,3H2,(H2,12,13,14). The zero-order valence-electron chi connectivity index (χ0n) is 7.46. The van der Waals surface area contributed by atoms with Crippen LogP contribution in [0.1, 0.15) is 0 Å². The molecule has 4 nitrogen and oxygen atoms in total. The summed E-state index contributed by atoms with van der Waals surface area (Å²) in [6.45, 7) is 3.93. The quantitative estimate of drug-likeness (QED) is 0.814. The van der Waals surface area contributed by atoms with Gasteiger partial charge in [0.1, 0.15) is 0 Å². The van der Waals surface area contributed by atoms with Crippen molar-refractivity contribution in [2.75, 3.05) is 11.9 Å². The Morgan fingerprint density at radius 3 is 3.07 bits per heavy atom. The van der Waals surface area contributed by atoms with Gasteiger partial charge in [-0.2, -0.15) is 0 Å². The number of amides is 2. The summed E-state index contributed by atoms with van der Waals surface area (Å²) >= 11 is 3.25. The van der Waals surface area contributed by atoms with Crippen LogP contribution in [0, 0.1) is 0 Å². The van der Waals surface area contributed by atoms with Crippen LogP contribution < -0.4 is 10.6 Å². The van der Waals surface area contributed by atoms with Gasteiger partial charge in [0.25, 0.3) is 0 Å². The Bertz CT molecular complexity index is 341. The van der Waals surface area contributed by atoms with E-state index >= 15 is 0 Å². The molecule has 74 valence electrons. The van der Waals surface area contributed by atoms with Gasteiger partial charge in [0.2, 0.25) is 0 Å². The molecule has 5 heteroatoms. The minimum absolute atomic E-state index is 0.273. The second-order valence-electron chi connectivity index (χ2n) is 2.52. The molecule has 1 rings (SSSR count). The van der Waals surface area contributed by atoms with E-state index in [9.17, 15) is 4.79 Å². The Morgan fingerprint density at radius 2 is 2.43 bits per heavy atom. The van der Waals surface area contributed by atoms with Crippen molar-refractivity contribution in [3.05, 3.63) is 35.6 Å². The van der Waals surface area contributed by atoms with Crippen LogP contribution in [0.2, 0.25) is 0 Å². The number of rotatable bonds is 3. The molecule has 0 aliphatic rings.